The van der Waals surface area contributed by atoms with Gasteiger partial charge >= 0.3 is 0 Å². The SMILES string of the molecule is Nc1ccc(S(=O)(=O)NCc2ccc(Br)s2)c(F)c1. The molecule has 0 atom stereocenters. The molecular formula is C11H10BrFN2O2S2. The Labute approximate surface area is 122 Å². The van der Waals surface area contributed by atoms with Gasteiger partial charge in [0.2, 0.25) is 10.0 Å². The van der Waals surface area contributed by atoms with Crippen LogP contribution >= 0.6 is 27.3 Å². The number of hydrogen-bond donors (Lipinski definition) is 2. The minimum atomic E-state index is -3.89. The van der Waals surface area contributed by atoms with Crippen LogP contribution in [0.4, 0.5) is 10.1 Å². The largest absolute Gasteiger partial charge is 0.399 e. The lowest BCUT2D eigenvalue weighted by atomic mass is 10.3. The molecule has 8 heteroatoms. The van der Waals surface area contributed by atoms with Crippen LogP contribution in [0.3, 0.4) is 0 Å². The van der Waals surface area contributed by atoms with Crippen molar-refractivity contribution in [2.45, 2.75) is 11.4 Å². The topological polar surface area (TPSA) is 72.2 Å². The number of anilines is 1. The van der Waals surface area contributed by atoms with Crippen LogP contribution in [0.1, 0.15) is 4.88 Å². The summed E-state index contributed by atoms with van der Waals surface area (Å²) in [6.07, 6.45) is 0. The van der Waals surface area contributed by atoms with E-state index in [1.807, 2.05) is 6.07 Å². The minimum absolute atomic E-state index is 0.114. The van der Waals surface area contributed by atoms with E-state index in [4.69, 9.17) is 5.73 Å². The molecular weight excluding hydrogens is 355 g/mol. The van der Waals surface area contributed by atoms with Crippen molar-refractivity contribution in [1.82, 2.24) is 4.72 Å². The molecule has 0 spiro atoms. The van der Waals surface area contributed by atoms with Crippen molar-refractivity contribution in [2.75, 3.05) is 5.73 Å². The van der Waals surface area contributed by atoms with Gasteiger partial charge in [-0.2, -0.15) is 0 Å². The Morgan fingerprint density at radius 2 is 2.05 bits per heavy atom. The lowest BCUT2D eigenvalue weighted by Gasteiger charge is -2.07. The zero-order valence-corrected chi connectivity index (χ0v) is 12.8. The Morgan fingerprint density at radius 1 is 1.32 bits per heavy atom. The van der Waals surface area contributed by atoms with E-state index in [0.717, 1.165) is 20.8 Å². The third-order valence-electron chi connectivity index (χ3n) is 2.31. The van der Waals surface area contributed by atoms with Gasteiger partial charge < -0.3 is 5.73 Å². The van der Waals surface area contributed by atoms with Gasteiger partial charge in [0.25, 0.3) is 0 Å². The number of rotatable bonds is 4. The molecule has 19 heavy (non-hydrogen) atoms. The number of sulfonamides is 1. The van der Waals surface area contributed by atoms with E-state index in [2.05, 4.69) is 20.7 Å². The van der Waals surface area contributed by atoms with Gasteiger partial charge in [0, 0.05) is 17.1 Å². The van der Waals surface area contributed by atoms with Crippen molar-refractivity contribution in [3.8, 4) is 0 Å². The fourth-order valence-electron chi connectivity index (χ4n) is 1.43. The molecule has 2 aromatic rings. The van der Waals surface area contributed by atoms with Crippen molar-refractivity contribution in [1.29, 1.82) is 0 Å². The molecule has 3 N–H and O–H groups in total. The van der Waals surface area contributed by atoms with Crippen molar-refractivity contribution < 1.29 is 12.8 Å². The summed E-state index contributed by atoms with van der Waals surface area (Å²) in [6, 6.07) is 7.09. The van der Waals surface area contributed by atoms with Crippen LogP contribution in [0, 0.1) is 5.82 Å². The van der Waals surface area contributed by atoms with Crippen molar-refractivity contribution >= 4 is 43.0 Å². The van der Waals surface area contributed by atoms with Crippen LogP contribution in [0.15, 0.2) is 39.0 Å². The van der Waals surface area contributed by atoms with Crippen molar-refractivity contribution in [2.24, 2.45) is 0 Å². The first-order valence-corrected chi connectivity index (χ1v) is 8.26. The number of benzene rings is 1. The molecule has 1 aromatic heterocycles. The lowest BCUT2D eigenvalue weighted by molar-refractivity contribution is 0.557. The molecule has 0 saturated carbocycles. The van der Waals surface area contributed by atoms with Crippen molar-refractivity contribution in [3.05, 3.63) is 44.8 Å². The number of nitrogen functional groups attached to an aromatic ring is 1. The second-order valence-electron chi connectivity index (χ2n) is 3.72. The Bertz CT molecular complexity index is 700. The number of nitrogens with two attached hydrogens (primary N) is 1. The molecule has 0 radical (unpaired) electrons. The molecule has 2 rings (SSSR count). The van der Waals surface area contributed by atoms with E-state index in [1.165, 1.54) is 17.4 Å². The fourth-order valence-corrected chi connectivity index (χ4v) is 4.00. The molecule has 4 nitrogen and oxygen atoms in total. The van der Waals surface area contributed by atoms with Gasteiger partial charge in [0.05, 0.1) is 3.79 Å². The molecule has 0 saturated heterocycles. The zero-order valence-electron chi connectivity index (χ0n) is 9.56. The van der Waals surface area contributed by atoms with E-state index in [9.17, 15) is 12.8 Å². The molecule has 0 fully saturated rings. The Balaban J connectivity index is 2.18. The Morgan fingerprint density at radius 3 is 2.63 bits per heavy atom. The molecule has 0 aliphatic carbocycles. The van der Waals surface area contributed by atoms with Crippen LogP contribution in [0.25, 0.3) is 0 Å². The fraction of sp³-hybridized carbons (Fsp3) is 0.0909. The van der Waals surface area contributed by atoms with Crippen LogP contribution < -0.4 is 10.5 Å². The van der Waals surface area contributed by atoms with E-state index in [-0.39, 0.29) is 12.2 Å². The quantitative estimate of drug-likeness (QED) is 0.819. The smallest absolute Gasteiger partial charge is 0.243 e. The molecule has 0 aliphatic rings. The van der Waals surface area contributed by atoms with E-state index in [1.54, 1.807) is 6.07 Å². The van der Waals surface area contributed by atoms with E-state index >= 15 is 0 Å². The highest BCUT2D eigenvalue weighted by atomic mass is 79.9. The predicted octanol–water partition coefficient (Wildman–Crippen LogP) is 2.71. The lowest BCUT2D eigenvalue weighted by Crippen LogP contribution is -2.23. The highest BCUT2D eigenvalue weighted by molar-refractivity contribution is 9.11. The number of nitrogens with one attached hydrogen (secondary N) is 1. The number of hydrogen-bond acceptors (Lipinski definition) is 4. The maximum atomic E-state index is 13.6. The summed E-state index contributed by atoms with van der Waals surface area (Å²) in [4.78, 5) is 0.420. The maximum absolute atomic E-state index is 13.6. The summed E-state index contributed by atoms with van der Waals surface area (Å²) in [5.41, 5.74) is 5.56. The molecule has 102 valence electrons. The van der Waals surface area contributed by atoms with E-state index < -0.39 is 20.7 Å². The first-order chi connectivity index (χ1) is 8.88. The van der Waals surface area contributed by atoms with Crippen LogP contribution in [0.5, 0.6) is 0 Å². The van der Waals surface area contributed by atoms with Gasteiger partial charge in [-0.15, -0.1) is 11.3 Å². The number of halogens is 2. The molecule has 1 aromatic carbocycles. The first kappa shape index (κ1) is 14.4. The minimum Gasteiger partial charge on any atom is -0.399 e. The maximum Gasteiger partial charge on any atom is 0.243 e. The summed E-state index contributed by atoms with van der Waals surface area (Å²) >= 11 is 4.69. The van der Waals surface area contributed by atoms with Gasteiger partial charge in [-0.25, -0.2) is 17.5 Å². The molecule has 0 amide bonds. The van der Waals surface area contributed by atoms with Gasteiger partial charge in [0.1, 0.15) is 10.7 Å². The van der Waals surface area contributed by atoms with Crippen LogP contribution in [0.2, 0.25) is 0 Å². The highest BCUT2D eigenvalue weighted by Crippen LogP contribution is 2.23. The van der Waals surface area contributed by atoms with E-state index in [0.29, 0.717) is 0 Å². The van der Waals surface area contributed by atoms with Gasteiger partial charge in [-0.3, -0.25) is 0 Å². The summed E-state index contributed by atoms with van der Waals surface area (Å²) in [7, 11) is -3.89. The Kier molecular flexibility index (Phi) is 4.24. The summed E-state index contributed by atoms with van der Waals surface area (Å²) in [5, 5.41) is 0. The average molecular weight is 365 g/mol. The molecule has 0 bridgehead atoms. The van der Waals surface area contributed by atoms with Gasteiger partial charge in [-0.1, -0.05) is 0 Å². The third kappa shape index (κ3) is 3.53. The molecule has 0 unspecified atom stereocenters. The molecule has 0 aliphatic heterocycles. The third-order valence-corrected chi connectivity index (χ3v) is 5.37. The van der Waals surface area contributed by atoms with Crippen molar-refractivity contribution in [3.63, 3.8) is 0 Å². The van der Waals surface area contributed by atoms with Crippen LogP contribution in [-0.4, -0.2) is 8.42 Å². The summed E-state index contributed by atoms with van der Waals surface area (Å²) in [5.74, 6) is -0.861. The Hall–Kier alpha value is -0.960. The monoisotopic (exact) mass is 364 g/mol. The first-order valence-electron chi connectivity index (χ1n) is 5.17. The van der Waals surface area contributed by atoms with Gasteiger partial charge in [-0.05, 0) is 46.3 Å². The predicted molar refractivity (Wildman–Crippen MR) is 76.9 cm³/mol. The zero-order chi connectivity index (χ0) is 14.0. The van der Waals surface area contributed by atoms with Crippen LogP contribution in [-0.2, 0) is 16.6 Å². The second-order valence-corrected chi connectivity index (χ2v) is 8.00. The second kappa shape index (κ2) is 5.58. The number of thiophene rings is 1. The summed E-state index contributed by atoms with van der Waals surface area (Å²) in [6.45, 7) is 0.114. The summed E-state index contributed by atoms with van der Waals surface area (Å²) < 4.78 is 40.7. The standard InChI is InChI=1S/C11H10BrFN2O2S2/c12-11-4-2-8(18-11)6-15-19(16,17)10-3-1-7(14)5-9(10)13/h1-5,15H,6,14H2. The highest BCUT2D eigenvalue weighted by Gasteiger charge is 2.19. The van der Waals surface area contributed by atoms with Gasteiger partial charge in [0.15, 0.2) is 0 Å². The average Bonchev–Trinajstić information content (AvgIpc) is 2.72. The molecule has 1 heterocycles. The normalized spacial score (nSPS) is 11.7.